The van der Waals surface area contributed by atoms with Crippen LogP contribution >= 0.6 is 0 Å². The van der Waals surface area contributed by atoms with Gasteiger partial charge in [-0.2, -0.15) is 0 Å². The van der Waals surface area contributed by atoms with E-state index in [0.717, 1.165) is 12.2 Å². The van der Waals surface area contributed by atoms with Crippen molar-refractivity contribution < 1.29 is 14.3 Å². The van der Waals surface area contributed by atoms with Gasteiger partial charge in [-0.1, -0.05) is 30.3 Å². The van der Waals surface area contributed by atoms with Gasteiger partial charge in [-0.05, 0) is 25.5 Å². The van der Waals surface area contributed by atoms with Crippen molar-refractivity contribution in [1.82, 2.24) is 0 Å². The number of carbonyl (C=O) groups is 1. The lowest BCUT2D eigenvalue weighted by Crippen LogP contribution is -2.13. The zero-order valence-corrected chi connectivity index (χ0v) is 11.3. The molecule has 100 valence electrons. The van der Waals surface area contributed by atoms with Crippen LogP contribution in [0.2, 0.25) is 0 Å². The van der Waals surface area contributed by atoms with Gasteiger partial charge in [0, 0.05) is 12.8 Å². The van der Waals surface area contributed by atoms with Gasteiger partial charge in [0.25, 0.3) is 0 Å². The summed E-state index contributed by atoms with van der Waals surface area (Å²) in [5.74, 6) is 1.25. The van der Waals surface area contributed by atoms with E-state index >= 15 is 0 Å². The minimum atomic E-state index is -0.282. The average Bonchev–Trinajstić information content (AvgIpc) is 2.40. The van der Waals surface area contributed by atoms with Crippen molar-refractivity contribution >= 4 is 5.97 Å². The highest BCUT2D eigenvalue weighted by atomic mass is 16.5. The summed E-state index contributed by atoms with van der Waals surface area (Å²) in [6.45, 7) is 3.99. The van der Waals surface area contributed by atoms with Crippen molar-refractivity contribution in [3.05, 3.63) is 59.1 Å². The summed E-state index contributed by atoms with van der Waals surface area (Å²) in [5.41, 5.74) is 1.81. The van der Waals surface area contributed by atoms with Crippen LogP contribution in [0.1, 0.15) is 25.8 Å². The second-order valence-electron chi connectivity index (χ2n) is 4.39. The number of hydrogen-bond donors (Lipinski definition) is 0. The Labute approximate surface area is 113 Å². The molecule has 3 heteroatoms. The maximum atomic E-state index is 11.7. The van der Waals surface area contributed by atoms with Gasteiger partial charge in [0.05, 0.1) is 12.2 Å². The van der Waals surface area contributed by atoms with Crippen LogP contribution in [-0.2, 0) is 20.7 Å². The van der Waals surface area contributed by atoms with Crippen LogP contribution < -0.4 is 0 Å². The molecule has 1 aliphatic rings. The van der Waals surface area contributed by atoms with Crippen molar-refractivity contribution in [1.29, 1.82) is 0 Å². The second kappa shape index (κ2) is 6.23. The quantitative estimate of drug-likeness (QED) is 0.777. The SMILES string of the molecule is CCOC(=O)C1=C(C)OC(Cc2ccccc2)=CC1. The first kappa shape index (κ1) is 13.4. The van der Waals surface area contributed by atoms with E-state index in [4.69, 9.17) is 9.47 Å². The number of rotatable bonds is 4. The molecule has 1 heterocycles. The lowest BCUT2D eigenvalue weighted by Gasteiger charge is -2.18. The maximum Gasteiger partial charge on any atom is 0.337 e. The molecular weight excluding hydrogens is 240 g/mol. The van der Waals surface area contributed by atoms with Gasteiger partial charge >= 0.3 is 5.97 Å². The number of esters is 1. The highest BCUT2D eigenvalue weighted by molar-refractivity contribution is 5.89. The predicted molar refractivity (Wildman–Crippen MR) is 73.3 cm³/mol. The molecule has 0 radical (unpaired) electrons. The molecule has 0 fully saturated rings. The molecule has 0 unspecified atom stereocenters. The number of hydrogen-bond acceptors (Lipinski definition) is 3. The average molecular weight is 258 g/mol. The van der Waals surface area contributed by atoms with E-state index in [2.05, 4.69) is 12.1 Å². The summed E-state index contributed by atoms with van der Waals surface area (Å²) in [6.07, 6.45) is 3.27. The van der Waals surface area contributed by atoms with E-state index in [0.29, 0.717) is 24.4 Å². The van der Waals surface area contributed by atoms with E-state index in [1.165, 1.54) is 5.56 Å². The van der Waals surface area contributed by atoms with Crippen LogP contribution in [0.25, 0.3) is 0 Å². The summed E-state index contributed by atoms with van der Waals surface area (Å²) in [7, 11) is 0. The number of ether oxygens (including phenoxy) is 2. The van der Waals surface area contributed by atoms with E-state index in [9.17, 15) is 4.79 Å². The molecule has 2 rings (SSSR count). The molecule has 3 nitrogen and oxygen atoms in total. The van der Waals surface area contributed by atoms with E-state index in [1.54, 1.807) is 6.92 Å². The third kappa shape index (κ3) is 3.47. The smallest absolute Gasteiger partial charge is 0.337 e. The van der Waals surface area contributed by atoms with Gasteiger partial charge in [-0.25, -0.2) is 4.79 Å². The first-order chi connectivity index (χ1) is 9.20. The van der Waals surface area contributed by atoms with Crippen LogP contribution in [0, 0.1) is 0 Å². The van der Waals surface area contributed by atoms with Crippen molar-refractivity contribution in [2.45, 2.75) is 26.7 Å². The lowest BCUT2D eigenvalue weighted by molar-refractivity contribution is -0.138. The predicted octanol–water partition coefficient (Wildman–Crippen LogP) is 3.37. The molecule has 0 aromatic heterocycles. The molecule has 0 bridgehead atoms. The topological polar surface area (TPSA) is 35.5 Å². The Bertz CT molecular complexity index is 512. The third-order valence-corrected chi connectivity index (χ3v) is 2.99. The largest absolute Gasteiger partial charge is 0.466 e. The molecule has 0 aliphatic carbocycles. The second-order valence-corrected chi connectivity index (χ2v) is 4.39. The fourth-order valence-electron chi connectivity index (χ4n) is 2.01. The Balaban J connectivity index is 2.01. The van der Waals surface area contributed by atoms with Gasteiger partial charge in [0.2, 0.25) is 0 Å². The molecular formula is C16H18O3. The molecule has 1 aromatic carbocycles. The fraction of sp³-hybridized carbons (Fsp3) is 0.312. The molecule has 0 spiro atoms. The van der Waals surface area contributed by atoms with Crippen molar-refractivity contribution in [2.24, 2.45) is 0 Å². The van der Waals surface area contributed by atoms with E-state index in [-0.39, 0.29) is 5.97 Å². The highest BCUT2D eigenvalue weighted by Crippen LogP contribution is 2.24. The Hall–Kier alpha value is -2.03. The van der Waals surface area contributed by atoms with E-state index in [1.807, 2.05) is 31.2 Å². The Morgan fingerprint density at radius 1 is 1.32 bits per heavy atom. The van der Waals surface area contributed by atoms with Gasteiger partial charge in [-0.15, -0.1) is 0 Å². The molecule has 1 aromatic rings. The summed E-state index contributed by atoms with van der Waals surface area (Å²) in [6, 6.07) is 10.1. The number of benzene rings is 1. The number of carbonyl (C=O) groups excluding carboxylic acids is 1. The first-order valence-electron chi connectivity index (χ1n) is 6.48. The van der Waals surface area contributed by atoms with Crippen molar-refractivity contribution in [3.8, 4) is 0 Å². The van der Waals surface area contributed by atoms with Gasteiger partial charge in [-0.3, -0.25) is 0 Å². The van der Waals surface area contributed by atoms with Gasteiger partial charge < -0.3 is 9.47 Å². The first-order valence-corrected chi connectivity index (χ1v) is 6.48. The zero-order chi connectivity index (χ0) is 13.7. The van der Waals surface area contributed by atoms with Gasteiger partial charge in [0.15, 0.2) is 0 Å². The Morgan fingerprint density at radius 2 is 2.05 bits per heavy atom. The zero-order valence-electron chi connectivity index (χ0n) is 11.3. The normalized spacial score (nSPS) is 14.7. The maximum absolute atomic E-state index is 11.7. The summed E-state index contributed by atoms with van der Waals surface area (Å²) in [5, 5.41) is 0. The summed E-state index contributed by atoms with van der Waals surface area (Å²) < 4.78 is 10.7. The van der Waals surface area contributed by atoms with E-state index < -0.39 is 0 Å². The van der Waals surface area contributed by atoms with Crippen molar-refractivity contribution in [3.63, 3.8) is 0 Å². The Morgan fingerprint density at radius 3 is 2.68 bits per heavy atom. The fourth-order valence-corrected chi connectivity index (χ4v) is 2.01. The van der Waals surface area contributed by atoms with Gasteiger partial charge in [0.1, 0.15) is 11.5 Å². The van der Waals surface area contributed by atoms with Crippen LogP contribution in [-0.4, -0.2) is 12.6 Å². The minimum Gasteiger partial charge on any atom is -0.466 e. The molecule has 0 amide bonds. The highest BCUT2D eigenvalue weighted by Gasteiger charge is 2.19. The summed E-state index contributed by atoms with van der Waals surface area (Å²) >= 11 is 0. The molecule has 0 atom stereocenters. The molecule has 0 N–H and O–H groups in total. The lowest BCUT2D eigenvalue weighted by atomic mass is 10.1. The monoisotopic (exact) mass is 258 g/mol. The molecule has 1 aliphatic heterocycles. The molecule has 19 heavy (non-hydrogen) atoms. The van der Waals surface area contributed by atoms with Crippen LogP contribution in [0.3, 0.4) is 0 Å². The summed E-state index contributed by atoms with van der Waals surface area (Å²) in [4.78, 5) is 11.7. The Kier molecular flexibility index (Phi) is 4.39. The third-order valence-electron chi connectivity index (χ3n) is 2.99. The van der Waals surface area contributed by atoms with Crippen molar-refractivity contribution in [2.75, 3.05) is 6.61 Å². The van der Waals surface area contributed by atoms with Crippen LogP contribution in [0.5, 0.6) is 0 Å². The van der Waals surface area contributed by atoms with Crippen LogP contribution in [0.4, 0.5) is 0 Å². The number of allylic oxidation sites excluding steroid dienone is 3. The minimum absolute atomic E-state index is 0.282. The molecule has 0 saturated carbocycles. The van der Waals surface area contributed by atoms with Crippen LogP contribution in [0.15, 0.2) is 53.5 Å². The standard InChI is InChI=1S/C16H18O3/c1-3-18-16(17)15-10-9-14(19-12(15)2)11-13-7-5-4-6-8-13/h4-9H,3,10-11H2,1-2H3. The molecule has 0 saturated heterocycles.